The van der Waals surface area contributed by atoms with E-state index in [0.29, 0.717) is 0 Å². The van der Waals surface area contributed by atoms with Crippen LogP contribution in [0.3, 0.4) is 0 Å². The van der Waals surface area contributed by atoms with E-state index in [4.69, 9.17) is 0 Å². The van der Waals surface area contributed by atoms with E-state index < -0.39 is 22.1 Å². The minimum atomic E-state index is -1.78. The van der Waals surface area contributed by atoms with E-state index in [9.17, 15) is 2.87 Å². The molecule has 0 heterocycles. The summed E-state index contributed by atoms with van der Waals surface area (Å²) in [6.07, 6.45) is 0. The zero-order valence-electron chi connectivity index (χ0n) is 2.29. The molecule has 0 amide bonds. The van der Waals surface area contributed by atoms with Gasteiger partial charge >= 0.3 is 35.2 Å². The van der Waals surface area contributed by atoms with Crippen LogP contribution in [0.2, 0.25) is 0 Å². The van der Waals surface area contributed by atoms with Gasteiger partial charge in [0.2, 0.25) is 0 Å². The van der Waals surface area contributed by atoms with E-state index in [0.717, 1.165) is 0 Å². The van der Waals surface area contributed by atoms with Crippen LogP contribution in [-0.2, 0) is 3.07 Å². The van der Waals surface area contributed by atoms with E-state index in [1.165, 1.54) is 7.11 Å². The van der Waals surface area contributed by atoms with Gasteiger partial charge in [-0.2, -0.15) is 0 Å². The van der Waals surface area contributed by atoms with Crippen LogP contribution in [0.15, 0.2) is 0 Å². The molecule has 2 radical (unpaired) electrons. The molecular formula is CH3FOSn. The molecular weight excluding hydrogens is 166 g/mol. The van der Waals surface area contributed by atoms with Gasteiger partial charge in [-0.1, -0.05) is 0 Å². The molecule has 24 valence electrons. The Morgan fingerprint density at radius 1 is 2.00 bits per heavy atom. The summed E-state index contributed by atoms with van der Waals surface area (Å²) < 4.78 is 14.7. The molecule has 0 aromatic heterocycles. The van der Waals surface area contributed by atoms with Crippen LogP contribution in [0.4, 0.5) is 2.87 Å². The van der Waals surface area contributed by atoms with E-state index >= 15 is 0 Å². The first kappa shape index (κ1) is 4.69. The van der Waals surface area contributed by atoms with Crippen molar-refractivity contribution >= 4 is 22.1 Å². The Kier molecular flexibility index (Phi) is 4.32. The predicted molar refractivity (Wildman–Crippen MR) is 13.9 cm³/mol. The summed E-state index contributed by atoms with van der Waals surface area (Å²) in [5.74, 6) is 0. The third-order valence-corrected chi connectivity index (χ3v) is 0.518. The first-order valence-corrected chi connectivity index (χ1v) is 3.05. The third kappa shape index (κ3) is 2.69. The van der Waals surface area contributed by atoms with Crippen LogP contribution in [-0.4, -0.2) is 29.2 Å². The third-order valence-electron chi connectivity index (χ3n) is 0.0772. The summed E-state index contributed by atoms with van der Waals surface area (Å²) in [7, 11) is 1.38. The van der Waals surface area contributed by atoms with Crippen molar-refractivity contribution in [2.24, 2.45) is 0 Å². The standard InChI is InChI=1S/CH3O.FH.Sn/c1-2;;/h1H3;1H;/q-1;;+2/p-1. The van der Waals surface area contributed by atoms with Crippen LogP contribution in [0.1, 0.15) is 0 Å². The number of hydrogen-bond donors (Lipinski definition) is 0. The second kappa shape index (κ2) is 3.69. The number of rotatable bonds is 1. The molecule has 3 heteroatoms. The molecule has 0 spiro atoms. The van der Waals surface area contributed by atoms with Crippen LogP contribution in [0.25, 0.3) is 0 Å². The topological polar surface area (TPSA) is 9.23 Å². The van der Waals surface area contributed by atoms with Crippen molar-refractivity contribution in [2.75, 3.05) is 7.11 Å². The van der Waals surface area contributed by atoms with Crippen molar-refractivity contribution < 1.29 is 5.94 Å². The van der Waals surface area contributed by atoms with E-state index in [-0.39, 0.29) is 0 Å². The quantitative estimate of drug-likeness (QED) is 0.507. The Morgan fingerprint density at radius 3 is 2.25 bits per heavy atom. The zero-order chi connectivity index (χ0) is 3.41. The Morgan fingerprint density at radius 2 is 2.25 bits per heavy atom. The van der Waals surface area contributed by atoms with Gasteiger partial charge in [0, 0.05) is 0 Å². The minimum absolute atomic E-state index is 1.38. The van der Waals surface area contributed by atoms with Gasteiger partial charge < -0.3 is 0 Å². The molecule has 0 saturated carbocycles. The Bertz CT molecular complexity index is 10.0. The molecule has 0 fully saturated rings. The normalized spacial score (nSPS) is 7.50. The molecule has 0 bridgehead atoms. The predicted octanol–water partition coefficient (Wildman–Crippen LogP) is 0.136. The van der Waals surface area contributed by atoms with Gasteiger partial charge in [-0.05, 0) is 0 Å². The summed E-state index contributed by atoms with van der Waals surface area (Å²) in [5, 5.41) is 0. The maximum atomic E-state index is 10.7. The van der Waals surface area contributed by atoms with E-state index in [2.05, 4.69) is 3.07 Å². The summed E-state index contributed by atoms with van der Waals surface area (Å²) in [6.45, 7) is 0. The fraction of sp³-hybridized carbons (Fsp3) is 1.00. The van der Waals surface area contributed by atoms with Gasteiger partial charge in [0.1, 0.15) is 0 Å². The van der Waals surface area contributed by atoms with E-state index in [1.807, 2.05) is 0 Å². The van der Waals surface area contributed by atoms with Crippen LogP contribution in [0, 0.1) is 0 Å². The molecule has 1 nitrogen and oxygen atoms in total. The molecule has 0 aromatic carbocycles. The Labute approximate surface area is 35.7 Å². The molecule has 0 unspecified atom stereocenters. The molecule has 0 aliphatic heterocycles. The monoisotopic (exact) mass is 170 g/mol. The van der Waals surface area contributed by atoms with Crippen molar-refractivity contribution in [3.63, 3.8) is 0 Å². The van der Waals surface area contributed by atoms with Crippen LogP contribution >= 0.6 is 0 Å². The SMILES string of the molecule is C[O][Sn][F]. The zero-order valence-corrected chi connectivity index (χ0v) is 5.14. The molecule has 0 aliphatic carbocycles. The van der Waals surface area contributed by atoms with Crippen molar-refractivity contribution in [3.8, 4) is 0 Å². The van der Waals surface area contributed by atoms with Gasteiger partial charge in [0.25, 0.3) is 0 Å². The molecule has 0 N–H and O–H groups in total. The number of halogens is 1. The Balaban J connectivity index is 1.97. The molecule has 0 rings (SSSR count). The second-order valence-electron chi connectivity index (χ2n) is 0.281. The maximum absolute atomic E-state index is 10.7. The molecule has 0 atom stereocenters. The summed E-state index contributed by atoms with van der Waals surface area (Å²) >= 11 is -1.78. The first-order chi connectivity index (χ1) is 1.91. The van der Waals surface area contributed by atoms with Gasteiger partial charge in [-0.3, -0.25) is 0 Å². The molecule has 4 heavy (non-hydrogen) atoms. The summed E-state index contributed by atoms with van der Waals surface area (Å²) in [6, 6.07) is 0. The van der Waals surface area contributed by atoms with Crippen molar-refractivity contribution in [1.29, 1.82) is 0 Å². The van der Waals surface area contributed by atoms with Crippen LogP contribution < -0.4 is 0 Å². The van der Waals surface area contributed by atoms with Gasteiger partial charge in [0.15, 0.2) is 0 Å². The van der Waals surface area contributed by atoms with Gasteiger partial charge in [0.05, 0.1) is 0 Å². The average Bonchev–Trinajstić information content (AvgIpc) is 1.37. The fourth-order valence-corrected chi connectivity index (χ4v) is 0. The first-order valence-electron chi connectivity index (χ1n) is 0.801. The van der Waals surface area contributed by atoms with E-state index in [1.54, 1.807) is 0 Å². The van der Waals surface area contributed by atoms with Gasteiger partial charge in [-0.15, -0.1) is 0 Å². The summed E-state index contributed by atoms with van der Waals surface area (Å²) in [5.41, 5.74) is 0. The van der Waals surface area contributed by atoms with Crippen molar-refractivity contribution in [1.82, 2.24) is 0 Å². The van der Waals surface area contributed by atoms with Gasteiger partial charge in [-0.25, -0.2) is 0 Å². The van der Waals surface area contributed by atoms with Crippen LogP contribution in [0.5, 0.6) is 0 Å². The second-order valence-corrected chi connectivity index (χ2v) is 1.89. The Hall–Kier alpha value is 0.689. The van der Waals surface area contributed by atoms with Crippen molar-refractivity contribution in [3.05, 3.63) is 0 Å². The molecule has 0 aromatic rings. The molecule has 0 saturated heterocycles. The summed E-state index contributed by atoms with van der Waals surface area (Å²) in [4.78, 5) is 0. The van der Waals surface area contributed by atoms with Crippen molar-refractivity contribution in [2.45, 2.75) is 0 Å². The fourth-order valence-electron chi connectivity index (χ4n) is 0. The average molecular weight is 169 g/mol. The molecule has 0 aliphatic rings. The number of hydrogen-bond acceptors (Lipinski definition) is 1.